The zero-order valence-electron chi connectivity index (χ0n) is 19.7. The second-order valence-electron chi connectivity index (χ2n) is 8.64. The van der Waals surface area contributed by atoms with Crippen LogP contribution in [0.2, 0.25) is 0 Å². The van der Waals surface area contributed by atoms with E-state index in [0.29, 0.717) is 6.42 Å². The summed E-state index contributed by atoms with van der Waals surface area (Å²) in [6, 6.07) is 8.26. The molecule has 0 radical (unpaired) electrons. The number of carbonyl (C=O) groups is 4. The van der Waals surface area contributed by atoms with Crippen LogP contribution in [0, 0.1) is 0 Å². The zero-order valence-corrected chi connectivity index (χ0v) is 19.7. The van der Waals surface area contributed by atoms with E-state index in [9.17, 15) is 19.2 Å². The van der Waals surface area contributed by atoms with Gasteiger partial charge in [-0.3, -0.25) is 9.69 Å². The number of esters is 1. The van der Waals surface area contributed by atoms with Crippen LogP contribution in [0.1, 0.15) is 39.2 Å². The van der Waals surface area contributed by atoms with Crippen molar-refractivity contribution in [3.05, 3.63) is 35.9 Å². The molecule has 0 saturated carbocycles. The van der Waals surface area contributed by atoms with Gasteiger partial charge in [-0.2, -0.15) is 0 Å². The molecule has 33 heavy (non-hydrogen) atoms. The van der Waals surface area contributed by atoms with Crippen LogP contribution in [0.3, 0.4) is 0 Å². The third-order valence-electron chi connectivity index (χ3n) is 4.88. The maximum Gasteiger partial charge on any atom is 0.410 e. The third kappa shape index (κ3) is 8.63. The van der Waals surface area contributed by atoms with E-state index < -0.39 is 29.8 Å². The summed E-state index contributed by atoms with van der Waals surface area (Å²) in [4.78, 5) is 52.0. The van der Waals surface area contributed by atoms with E-state index in [1.54, 1.807) is 20.8 Å². The van der Waals surface area contributed by atoms with E-state index in [1.165, 1.54) is 16.9 Å². The molecule has 1 aliphatic rings. The van der Waals surface area contributed by atoms with Crippen molar-refractivity contribution in [3.8, 4) is 0 Å². The minimum atomic E-state index is -0.948. The number of amides is 3. The van der Waals surface area contributed by atoms with Gasteiger partial charge in [0, 0.05) is 26.1 Å². The number of methoxy groups -OCH3 is 1. The van der Waals surface area contributed by atoms with Crippen molar-refractivity contribution in [2.75, 3.05) is 33.3 Å². The molecule has 1 fully saturated rings. The summed E-state index contributed by atoms with van der Waals surface area (Å²) in [7, 11) is 1.24. The Kier molecular flexibility index (Phi) is 9.50. The molecule has 1 atom stereocenters. The molecule has 1 aromatic rings. The van der Waals surface area contributed by atoms with Crippen LogP contribution < -0.4 is 5.32 Å². The summed E-state index contributed by atoms with van der Waals surface area (Å²) >= 11 is 0. The predicted octanol–water partition coefficient (Wildman–Crippen LogP) is 2.31. The van der Waals surface area contributed by atoms with Crippen molar-refractivity contribution in [3.63, 3.8) is 0 Å². The van der Waals surface area contributed by atoms with Gasteiger partial charge in [0.15, 0.2) is 6.04 Å². The third-order valence-corrected chi connectivity index (χ3v) is 4.88. The Labute approximate surface area is 194 Å². The fraction of sp³-hybridized carbons (Fsp3) is 0.565. The van der Waals surface area contributed by atoms with E-state index in [0.717, 1.165) is 5.56 Å². The van der Waals surface area contributed by atoms with Crippen LogP contribution >= 0.6 is 0 Å². The van der Waals surface area contributed by atoms with Crippen molar-refractivity contribution in [1.82, 2.24) is 15.1 Å². The fourth-order valence-corrected chi connectivity index (χ4v) is 3.27. The minimum Gasteiger partial charge on any atom is -0.467 e. The monoisotopic (exact) mass is 463 g/mol. The molecule has 1 saturated heterocycles. The molecule has 3 amide bonds. The lowest BCUT2D eigenvalue weighted by atomic mass is 10.1. The molecule has 10 heteroatoms. The van der Waals surface area contributed by atoms with Gasteiger partial charge in [-0.25, -0.2) is 14.4 Å². The van der Waals surface area contributed by atoms with Crippen molar-refractivity contribution in [1.29, 1.82) is 0 Å². The minimum absolute atomic E-state index is 0.0193. The van der Waals surface area contributed by atoms with Crippen LogP contribution in [0.4, 0.5) is 9.59 Å². The van der Waals surface area contributed by atoms with E-state index in [2.05, 4.69) is 5.32 Å². The average Bonchev–Trinajstić information content (AvgIpc) is 2.78. The van der Waals surface area contributed by atoms with Crippen LogP contribution in [-0.2, 0) is 30.4 Å². The summed E-state index contributed by atoms with van der Waals surface area (Å²) in [5.41, 5.74) is 0.235. The van der Waals surface area contributed by atoms with E-state index in [-0.39, 0.29) is 45.1 Å². The molecule has 0 aromatic heterocycles. The molecule has 0 aliphatic carbocycles. The summed E-state index contributed by atoms with van der Waals surface area (Å²) in [5.74, 6) is -0.789. The van der Waals surface area contributed by atoms with E-state index in [4.69, 9.17) is 14.2 Å². The number of nitrogens with one attached hydrogen (secondary N) is 1. The van der Waals surface area contributed by atoms with Gasteiger partial charge in [0.2, 0.25) is 5.91 Å². The molecule has 1 aromatic carbocycles. The van der Waals surface area contributed by atoms with Crippen molar-refractivity contribution < 1.29 is 33.4 Å². The summed E-state index contributed by atoms with van der Waals surface area (Å²) < 4.78 is 15.3. The first-order chi connectivity index (χ1) is 15.6. The molecule has 182 valence electrons. The first-order valence-corrected chi connectivity index (χ1v) is 10.9. The standard InChI is InChI=1S/C23H33N3O7/c1-23(2,3)33-21(29)24-12-8-11-19(27)25-13-14-26(18(15-25)20(28)31-4)22(30)32-16-17-9-6-5-7-10-17/h5-7,9-10,18H,8,11-16H2,1-4H3,(H,24,29). The lowest BCUT2D eigenvalue weighted by Crippen LogP contribution is -2.59. The van der Waals surface area contributed by atoms with Gasteiger partial charge in [0.05, 0.1) is 13.7 Å². The Hall–Kier alpha value is -3.30. The lowest BCUT2D eigenvalue weighted by Gasteiger charge is -2.39. The second-order valence-corrected chi connectivity index (χ2v) is 8.64. The van der Waals surface area contributed by atoms with Crippen molar-refractivity contribution in [2.24, 2.45) is 0 Å². The van der Waals surface area contributed by atoms with Crippen molar-refractivity contribution >= 4 is 24.1 Å². The maximum atomic E-state index is 12.6. The van der Waals surface area contributed by atoms with Crippen LogP contribution in [0.15, 0.2) is 30.3 Å². The number of nitrogens with zero attached hydrogens (tertiary/aromatic N) is 2. The van der Waals surface area contributed by atoms with Gasteiger partial charge in [-0.05, 0) is 32.8 Å². The van der Waals surface area contributed by atoms with Crippen LogP contribution in [0.5, 0.6) is 0 Å². The molecular formula is C23H33N3O7. The molecule has 1 aliphatic heterocycles. The van der Waals surface area contributed by atoms with Crippen LogP contribution in [-0.4, -0.2) is 78.8 Å². The first-order valence-electron chi connectivity index (χ1n) is 10.9. The number of alkyl carbamates (subject to hydrolysis) is 1. The normalized spacial score (nSPS) is 16.1. The zero-order chi connectivity index (χ0) is 24.4. The molecule has 1 heterocycles. The highest BCUT2D eigenvalue weighted by atomic mass is 16.6. The number of hydrogen-bond acceptors (Lipinski definition) is 7. The molecule has 0 bridgehead atoms. The topological polar surface area (TPSA) is 114 Å². The van der Waals surface area contributed by atoms with E-state index in [1.807, 2.05) is 30.3 Å². The molecule has 1 N–H and O–H groups in total. The van der Waals surface area contributed by atoms with E-state index >= 15 is 0 Å². The maximum absolute atomic E-state index is 12.6. The number of hydrogen-bond donors (Lipinski definition) is 1. The van der Waals surface area contributed by atoms with Gasteiger partial charge in [0.25, 0.3) is 0 Å². The van der Waals surface area contributed by atoms with Gasteiger partial charge in [0.1, 0.15) is 12.2 Å². The Balaban J connectivity index is 1.84. The van der Waals surface area contributed by atoms with Crippen LogP contribution in [0.25, 0.3) is 0 Å². The Morgan fingerprint density at radius 3 is 2.42 bits per heavy atom. The second kappa shape index (κ2) is 12.1. The molecule has 0 spiro atoms. The highest BCUT2D eigenvalue weighted by molar-refractivity contribution is 5.84. The summed E-state index contributed by atoms with van der Waals surface area (Å²) in [6.45, 7) is 6.11. The Morgan fingerprint density at radius 1 is 1.09 bits per heavy atom. The predicted molar refractivity (Wildman–Crippen MR) is 119 cm³/mol. The lowest BCUT2D eigenvalue weighted by molar-refractivity contribution is -0.150. The molecule has 2 rings (SSSR count). The number of benzene rings is 1. The number of piperazine rings is 1. The highest BCUT2D eigenvalue weighted by Crippen LogP contribution is 2.15. The largest absolute Gasteiger partial charge is 0.467 e. The summed E-state index contributed by atoms with van der Waals surface area (Å²) in [6.07, 6.45) is -0.575. The van der Waals surface area contributed by atoms with Gasteiger partial charge >= 0.3 is 18.2 Å². The molecule has 10 nitrogen and oxygen atoms in total. The van der Waals surface area contributed by atoms with Gasteiger partial charge < -0.3 is 24.4 Å². The average molecular weight is 464 g/mol. The van der Waals surface area contributed by atoms with Gasteiger partial charge in [-0.15, -0.1) is 0 Å². The van der Waals surface area contributed by atoms with Gasteiger partial charge in [-0.1, -0.05) is 30.3 Å². The number of ether oxygens (including phenoxy) is 3. The van der Waals surface area contributed by atoms with Crippen molar-refractivity contribution in [2.45, 2.75) is 51.9 Å². The number of carbonyl (C=O) groups excluding carboxylic acids is 4. The highest BCUT2D eigenvalue weighted by Gasteiger charge is 2.38. The molecular weight excluding hydrogens is 430 g/mol. The summed E-state index contributed by atoms with van der Waals surface area (Å²) in [5, 5.41) is 2.61. The molecule has 1 unspecified atom stereocenters. The fourth-order valence-electron chi connectivity index (χ4n) is 3.27. The SMILES string of the molecule is COC(=O)C1CN(C(=O)CCCNC(=O)OC(C)(C)C)CCN1C(=O)OCc1ccccc1. The Morgan fingerprint density at radius 2 is 1.79 bits per heavy atom. The first kappa shape index (κ1) is 26.0. The quantitative estimate of drug-likeness (QED) is 0.375. The number of rotatable bonds is 7. The Bertz CT molecular complexity index is 823. The smallest absolute Gasteiger partial charge is 0.410 e.